The molecule has 0 bridgehead atoms. The molecule has 0 radical (unpaired) electrons. The molecule has 5 heteroatoms. The summed E-state index contributed by atoms with van der Waals surface area (Å²) in [5.41, 5.74) is 0.892. The highest BCUT2D eigenvalue weighted by molar-refractivity contribution is 6.30. The van der Waals surface area contributed by atoms with Gasteiger partial charge in [-0.3, -0.25) is 4.79 Å². The Balaban J connectivity index is 1.92. The van der Waals surface area contributed by atoms with E-state index in [0.29, 0.717) is 24.9 Å². The molecule has 1 aromatic rings. The minimum absolute atomic E-state index is 0.154. The van der Waals surface area contributed by atoms with Crippen LogP contribution in [0.25, 0.3) is 0 Å². The van der Waals surface area contributed by atoms with Crippen LogP contribution in [0.5, 0.6) is 0 Å². The van der Waals surface area contributed by atoms with Gasteiger partial charge in [0.05, 0.1) is 5.02 Å². The van der Waals surface area contributed by atoms with E-state index < -0.39 is 0 Å². The van der Waals surface area contributed by atoms with Crippen molar-refractivity contribution in [3.05, 3.63) is 34.6 Å². The minimum atomic E-state index is -0.378. The molecule has 0 saturated carbocycles. The monoisotopic (exact) mass is 326 g/mol. The van der Waals surface area contributed by atoms with Crippen molar-refractivity contribution in [3.8, 4) is 0 Å². The molecule has 2 atom stereocenters. The second-order valence-corrected chi connectivity index (χ2v) is 6.29. The summed E-state index contributed by atoms with van der Waals surface area (Å²) in [6, 6.07) is 5.28. The summed E-state index contributed by atoms with van der Waals surface area (Å²) in [4.78, 5) is 13.8. The maximum Gasteiger partial charge on any atom is 0.222 e. The van der Waals surface area contributed by atoms with Gasteiger partial charge in [-0.2, -0.15) is 0 Å². The highest BCUT2D eigenvalue weighted by atomic mass is 35.5. The highest BCUT2D eigenvalue weighted by Gasteiger charge is 2.29. The second kappa shape index (κ2) is 7.93. The number of nitrogens with zero attached hydrogens (tertiary/aromatic N) is 1. The maximum atomic E-state index is 13.5. The van der Waals surface area contributed by atoms with Crippen molar-refractivity contribution in [3.63, 3.8) is 0 Å². The van der Waals surface area contributed by atoms with Gasteiger partial charge in [-0.1, -0.05) is 37.9 Å². The third-order valence-corrected chi connectivity index (χ3v) is 4.77. The molecule has 1 amide bonds. The SMILES string of the molecule is CCC(=O)N1CC[C@H](NCc2ccc(Cl)c(F)c2)[C@H](CC)C1. The van der Waals surface area contributed by atoms with Gasteiger partial charge in [-0.15, -0.1) is 0 Å². The van der Waals surface area contributed by atoms with Gasteiger partial charge in [-0.25, -0.2) is 4.39 Å². The smallest absolute Gasteiger partial charge is 0.222 e. The van der Waals surface area contributed by atoms with Crippen molar-refractivity contribution in [2.45, 2.75) is 45.7 Å². The average Bonchev–Trinajstić information content (AvgIpc) is 2.55. The standard InChI is InChI=1S/C17H24ClFN2O/c1-3-13-11-21(17(22)4-2)8-7-16(13)20-10-12-5-6-14(18)15(19)9-12/h5-6,9,13,16,20H,3-4,7-8,10-11H2,1-2H3/t13-,16+/m1/s1. The van der Waals surface area contributed by atoms with Gasteiger partial charge in [0.1, 0.15) is 5.82 Å². The third kappa shape index (κ3) is 4.20. The zero-order chi connectivity index (χ0) is 16.1. The molecule has 1 aliphatic heterocycles. The fourth-order valence-electron chi connectivity index (χ4n) is 3.06. The topological polar surface area (TPSA) is 32.3 Å². The molecule has 1 fully saturated rings. The first-order valence-electron chi connectivity index (χ1n) is 8.00. The van der Waals surface area contributed by atoms with E-state index in [1.807, 2.05) is 17.9 Å². The number of benzene rings is 1. The van der Waals surface area contributed by atoms with Crippen LogP contribution in [-0.2, 0) is 11.3 Å². The van der Waals surface area contributed by atoms with E-state index in [4.69, 9.17) is 11.6 Å². The lowest BCUT2D eigenvalue weighted by Gasteiger charge is -2.38. The Morgan fingerprint density at radius 2 is 2.23 bits per heavy atom. The number of hydrogen-bond acceptors (Lipinski definition) is 2. The van der Waals surface area contributed by atoms with E-state index in [1.54, 1.807) is 6.07 Å². The predicted molar refractivity (Wildman–Crippen MR) is 87.3 cm³/mol. The van der Waals surface area contributed by atoms with Gasteiger partial charge >= 0.3 is 0 Å². The van der Waals surface area contributed by atoms with Crippen LogP contribution in [0.15, 0.2) is 18.2 Å². The first-order chi connectivity index (χ1) is 10.5. The Bertz CT molecular complexity index is 523. The van der Waals surface area contributed by atoms with E-state index in [2.05, 4.69) is 12.2 Å². The Morgan fingerprint density at radius 3 is 2.86 bits per heavy atom. The minimum Gasteiger partial charge on any atom is -0.342 e. The van der Waals surface area contributed by atoms with Gasteiger partial charge in [0.2, 0.25) is 5.91 Å². The summed E-state index contributed by atoms with van der Waals surface area (Å²) in [6.45, 7) is 6.30. The molecule has 1 aliphatic rings. The molecular formula is C17H24ClFN2O. The Morgan fingerprint density at radius 1 is 1.45 bits per heavy atom. The van der Waals surface area contributed by atoms with Crippen molar-refractivity contribution in [1.29, 1.82) is 0 Å². The van der Waals surface area contributed by atoms with Gasteiger partial charge in [0.25, 0.3) is 0 Å². The Labute approximate surface area is 136 Å². The number of halogens is 2. The molecule has 22 heavy (non-hydrogen) atoms. The summed E-state index contributed by atoms with van der Waals surface area (Å²) in [5, 5.41) is 3.67. The van der Waals surface area contributed by atoms with Crippen LogP contribution in [0, 0.1) is 11.7 Å². The molecule has 0 unspecified atom stereocenters. The number of piperidine rings is 1. The number of rotatable bonds is 5. The number of carbonyl (C=O) groups excluding carboxylic acids is 1. The van der Waals surface area contributed by atoms with Crippen LogP contribution in [0.4, 0.5) is 4.39 Å². The van der Waals surface area contributed by atoms with E-state index in [9.17, 15) is 9.18 Å². The summed E-state index contributed by atoms with van der Waals surface area (Å²) < 4.78 is 13.5. The highest BCUT2D eigenvalue weighted by Crippen LogP contribution is 2.22. The van der Waals surface area contributed by atoms with Crippen molar-refractivity contribution in [2.75, 3.05) is 13.1 Å². The molecule has 0 aliphatic carbocycles. The Hall–Kier alpha value is -1.13. The lowest BCUT2D eigenvalue weighted by Crippen LogP contribution is -2.50. The van der Waals surface area contributed by atoms with Crippen LogP contribution in [0.3, 0.4) is 0 Å². The molecule has 2 rings (SSSR count). The number of hydrogen-bond donors (Lipinski definition) is 1. The molecule has 122 valence electrons. The van der Waals surface area contributed by atoms with Crippen molar-refractivity contribution in [1.82, 2.24) is 10.2 Å². The van der Waals surface area contributed by atoms with Crippen molar-refractivity contribution >= 4 is 17.5 Å². The van der Waals surface area contributed by atoms with Gasteiger partial charge in [0, 0.05) is 32.1 Å². The maximum absolute atomic E-state index is 13.5. The lowest BCUT2D eigenvalue weighted by molar-refractivity contribution is -0.133. The molecule has 1 aromatic carbocycles. The number of likely N-dealkylation sites (tertiary alicyclic amines) is 1. The quantitative estimate of drug-likeness (QED) is 0.896. The fourth-order valence-corrected chi connectivity index (χ4v) is 3.18. The van der Waals surface area contributed by atoms with Gasteiger partial charge < -0.3 is 10.2 Å². The predicted octanol–water partition coefficient (Wildman–Crippen LogP) is 3.61. The van der Waals surface area contributed by atoms with Crippen molar-refractivity contribution < 1.29 is 9.18 Å². The zero-order valence-electron chi connectivity index (χ0n) is 13.2. The first kappa shape index (κ1) is 17.2. The third-order valence-electron chi connectivity index (χ3n) is 4.47. The number of nitrogens with one attached hydrogen (secondary N) is 1. The largest absolute Gasteiger partial charge is 0.342 e. The normalized spacial score (nSPS) is 21.9. The van der Waals surface area contributed by atoms with Crippen LogP contribution in [0.1, 0.15) is 38.7 Å². The Kier molecular flexibility index (Phi) is 6.21. The number of carbonyl (C=O) groups is 1. The zero-order valence-corrected chi connectivity index (χ0v) is 14.0. The average molecular weight is 327 g/mol. The van der Waals surface area contributed by atoms with E-state index in [0.717, 1.165) is 31.5 Å². The lowest BCUT2D eigenvalue weighted by atomic mass is 9.89. The molecule has 3 nitrogen and oxygen atoms in total. The summed E-state index contributed by atoms with van der Waals surface area (Å²) in [7, 11) is 0. The van der Waals surface area contributed by atoms with Crippen LogP contribution < -0.4 is 5.32 Å². The van der Waals surface area contributed by atoms with Crippen LogP contribution in [0.2, 0.25) is 5.02 Å². The molecule has 1 heterocycles. The molecule has 0 aromatic heterocycles. The fraction of sp³-hybridized carbons (Fsp3) is 0.588. The molecular weight excluding hydrogens is 303 g/mol. The molecule has 1 saturated heterocycles. The van der Waals surface area contributed by atoms with E-state index >= 15 is 0 Å². The van der Waals surface area contributed by atoms with Gasteiger partial charge in [-0.05, 0) is 30.0 Å². The van der Waals surface area contributed by atoms with Gasteiger partial charge in [0.15, 0.2) is 0 Å². The second-order valence-electron chi connectivity index (χ2n) is 5.89. The molecule has 0 spiro atoms. The van der Waals surface area contributed by atoms with Crippen LogP contribution in [-0.4, -0.2) is 29.9 Å². The summed E-state index contributed by atoms with van der Waals surface area (Å²) in [6.07, 6.45) is 2.54. The van der Waals surface area contributed by atoms with Crippen molar-refractivity contribution in [2.24, 2.45) is 5.92 Å². The van der Waals surface area contributed by atoms with E-state index in [1.165, 1.54) is 6.07 Å². The van der Waals surface area contributed by atoms with Crippen LogP contribution >= 0.6 is 11.6 Å². The van der Waals surface area contributed by atoms with E-state index in [-0.39, 0.29) is 16.7 Å². The molecule has 1 N–H and O–H groups in total. The summed E-state index contributed by atoms with van der Waals surface area (Å²) in [5.74, 6) is 0.300. The summed E-state index contributed by atoms with van der Waals surface area (Å²) >= 11 is 5.70. The first-order valence-corrected chi connectivity index (χ1v) is 8.38. The number of amides is 1.